The van der Waals surface area contributed by atoms with Gasteiger partial charge in [-0.1, -0.05) is 11.6 Å². The first-order chi connectivity index (χ1) is 6.18. The van der Waals surface area contributed by atoms with Gasteiger partial charge in [-0.2, -0.15) is 0 Å². The van der Waals surface area contributed by atoms with Crippen LogP contribution in [0.15, 0.2) is 23.2 Å². The summed E-state index contributed by atoms with van der Waals surface area (Å²) < 4.78 is 11.0. The Hall–Kier alpha value is -0.580. The van der Waals surface area contributed by atoms with Crippen LogP contribution >= 0.6 is 22.3 Å². The van der Waals surface area contributed by atoms with Gasteiger partial charge in [0, 0.05) is 11.6 Å². The van der Waals surface area contributed by atoms with Crippen molar-refractivity contribution in [3.8, 4) is 0 Å². The summed E-state index contributed by atoms with van der Waals surface area (Å²) >= 11 is 5.67. The van der Waals surface area contributed by atoms with Gasteiger partial charge in [-0.05, 0) is 22.8 Å². The van der Waals surface area contributed by atoms with E-state index in [2.05, 4.69) is 9.97 Å². The fraction of sp³-hybridized carbons (Fsp3) is 0. The lowest BCUT2D eigenvalue weighted by molar-refractivity contribution is 0.691. The zero-order chi connectivity index (χ0) is 9.42. The van der Waals surface area contributed by atoms with E-state index in [1.165, 1.54) is 0 Å². The highest BCUT2D eigenvalue weighted by molar-refractivity contribution is 8.08. The largest absolute Gasteiger partial charge is 0.345 e. The minimum atomic E-state index is -1.52. The SMILES string of the molecule is O=S(Cl)c1c[nH]c2nc(Cl)ccc12. The van der Waals surface area contributed by atoms with E-state index in [0.717, 1.165) is 5.39 Å². The first-order valence-corrected chi connectivity index (χ1v) is 5.75. The van der Waals surface area contributed by atoms with E-state index in [4.69, 9.17) is 22.3 Å². The van der Waals surface area contributed by atoms with Crippen LogP contribution in [0.5, 0.6) is 0 Å². The molecule has 0 aliphatic rings. The molecule has 0 radical (unpaired) electrons. The lowest BCUT2D eigenvalue weighted by atomic mass is 10.3. The van der Waals surface area contributed by atoms with Crippen LogP contribution in [-0.2, 0) is 10.0 Å². The molecule has 0 saturated carbocycles. The Bertz CT molecular complexity index is 482. The molecule has 0 aromatic carbocycles. The molecule has 0 amide bonds. The second kappa shape index (κ2) is 3.29. The summed E-state index contributed by atoms with van der Waals surface area (Å²) in [6.07, 6.45) is 1.57. The van der Waals surface area contributed by atoms with Gasteiger partial charge in [-0.25, -0.2) is 9.19 Å². The van der Waals surface area contributed by atoms with Gasteiger partial charge in [-0.3, -0.25) is 0 Å². The molecule has 2 aromatic rings. The third kappa shape index (κ3) is 1.57. The van der Waals surface area contributed by atoms with Crippen molar-refractivity contribution in [2.75, 3.05) is 0 Å². The van der Waals surface area contributed by atoms with E-state index in [9.17, 15) is 4.21 Å². The molecule has 2 rings (SSSR count). The summed E-state index contributed by atoms with van der Waals surface area (Å²) in [5, 5.41) is 1.12. The zero-order valence-corrected chi connectivity index (χ0v) is 8.58. The van der Waals surface area contributed by atoms with Crippen molar-refractivity contribution in [2.24, 2.45) is 0 Å². The van der Waals surface area contributed by atoms with Crippen molar-refractivity contribution in [1.82, 2.24) is 9.97 Å². The number of aromatic nitrogens is 2. The van der Waals surface area contributed by atoms with E-state index in [-0.39, 0.29) is 0 Å². The first kappa shape index (κ1) is 8.99. The smallest absolute Gasteiger partial charge is 0.149 e. The highest BCUT2D eigenvalue weighted by Crippen LogP contribution is 2.22. The number of aromatic amines is 1. The maximum absolute atomic E-state index is 11.0. The van der Waals surface area contributed by atoms with Crippen LogP contribution in [0.2, 0.25) is 5.15 Å². The average molecular weight is 235 g/mol. The summed E-state index contributed by atoms with van der Waals surface area (Å²) in [6.45, 7) is 0. The molecule has 1 atom stereocenters. The molecule has 68 valence electrons. The standard InChI is InChI=1S/C7H4Cl2N2OS/c8-6-2-1-4-5(13(9)12)3-10-7(4)11-6/h1-3H,(H,10,11). The lowest BCUT2D eigenvalue weighted by Gasteiger charge is -1.91. The van der Waals surface area contributed by atoms with E-state index in [0.29, 0.717) is 15.7 Å². The van der Waals surface area contributed by atoms with Crippen LogP contribution in [0.25, 0.3) is 11.0 Å². The molecule has 0 bridgehead atoms. The highest BCUT2D eigenvalue weighted by atomic mass is 35.7. The third-order valence-corrected chi connectivity index (χ3v) is 3.03. The molecule has 2 heterocycles. The second-order valence-corrected chi connectivity index (χ2v) is 4.52. The molecule has 0 aliphatic heterocycles. The van der Waals surface area contributed by atoms with Crippen LogP contribution < -0.4 is 0 Å². The number of hydrogen-bond acceptors (Lipinski definition) is 2. The second-order valence-electron chi connectivity index (χ2n) is 2.41. The molecule has 0 aliphatic carbocycles. The highest BCUT2D eigenvalue weighted by Gasteiger charge is 2.08. The average Bonchev–Trinajstić information content (AvgIpc) is 2.46. The number of pyridine rings is 1. The predicted molar refractivity (Wildman–Crippen MR) is 53.4 cm³/mol. The number of nitrogens with zero attached hydrogens (tertiary/aromatic N) is 1. The van der Waals surface area contributed by atoms with Crippen LogP contribution in [0.1, 0.15) is 0 Å². The predicted octanol–water partition coefficient (Wildman–Crippen LogP) is 2.48. The van der Waals surface area contributed by atoms with Crippen LogP contribution in [0.4, 0.5) is 0 Å². The number of rotatable bonds is 1. The Morgan fingerprint density at radius 1 is 1.46 bits per heavy atom. The Kier molecular flexibility index (Phi) is 2.27. The summed E-state index contributed by atoms with van der Waals surface area (Å²) in [6, 6.07) is 3.36. The normalized spacial score (nSPS) is 13.4. The minimum Gasteiger partial charge on any atom is -0.345 e. The van der Waals surface area contributed by atoms with Gasteiger partial charge in [0.2, 0.25) is 0 Å². The molecule has 2 aromatic heterocycles. The zero-order valence-electron chi connectivity index (χ0n) is 6.25. The fourth-order valence-corrected chi connectivity index (χ4v) is 2.11. The number of halogens is 2. The van der Waals surface area contributed by atoms with Crippen molar-refractivity contribution in [1.29, 1.82) is 0 Å². The van der Waals surface area contributed by atoms with Crippen molar-refractivity contribution < 1.29 is 4.21 Å². The monoisotopic (exact) mass is 234 g/mol. The molecule has 0 fully saturated rings. The first-order valence-electron chi connectivity index (χ1n) is 3.40. The van der Waals surface area contributed by atoms with Gasteiger partial charge in [0.25, 0.3) is 0 Å². The topological polar surface area (TPSA) is 45.8 Å². The van der Waals surface area contributed by atoms with Crippen LogP contribution in [0, 0.1) is 0 Å². The number of H-pyrrole nitrogens is 1. The lowest BCUT2D eigenvalue weighted by Crippen LogP contribution is -1.79. The quantitative estimate of drug-likeness (QED) is 0.609. The number of hydrogen-bond donors (Lipinski definition) is 1. The molecule has 3 nitrogen and oxygen atoms in total. The summed E-state index contributed by atoms with van der Waals surface area (Å²) in [4.78, 5) is 7.36. The summed E-state index contributed by atoms with van der Waals surface area (Å²) in [7, 11) is 3.93. The van der Waals surface area contributed by atoms with Gasteiger partial charge < -0.3 is 4.98 Å². The van der Waals surface area contributed by atoms with Gasteiger partial charge in [-0.15, -0.1) is 0 Å². The minimum absolute atomic E-state index is 0.390. The maximum atomic E-state index is 11.0. The maximum Gasteiger partial charge on any atom is 0.149 e. The summed E-state index contributed by atoms with van der Waals surface area (Å²) in [5.74, 6) is 0. The molecule has 1 N–H and O–H groups in total. The number of nitrogens with one attached hydrogen (secondary N) is 1. The Balaban J connectivity index is 2.76. The van der Waals surface area contributed by atoms with Crippen molar-refractivity contribution in [2.45, 2.75) is 4.90 Å². The third-order valence-electron chi connectivity index (χ3n) is 1.64. The van der Waals surface area contributed by atoms with Crippen molar-refractivity contribution in [3.05, 3.63) is 23.5 Å². The Morgan fingerprint density at radius 3 is 2.92 bits per heavy atom. The summed E-state index contributed by atoms with van der Waals surface area (Å²) in [5.41, 5.74) is 0.594. The fourth-order valence-electron chi connectivity index (χ4n) is 1.09. The van der Waals surface area contributed by atoms with E-state index < -0.39 is 10.0 Å². The van der Waals surface area contributed by atoms with Crippen LogP contribution in [-0.4, -0.2) is 14.2 Å². The number of fused-ring (bicyclic) bond motifs is 1. The molecule has 13 heavy (non-hydrogen) atoms. The molecule has 1 unspecified atom stereocenters. The van der Waals surface area contributed by atoms with E-state index >= 15 is 0 Å². The van der Waals surface area contributed by atoms with Crippen molar-refractivity contribution in [3.63, 3.8) is 0 Å². The Morgan fingerprint density at radius 2 is 2.23 bits per heavy atom. The molecular formula is C7H4Cl2N2OS. The Labute approximate surface area is 86.0 Å². The molecular weight excluding hydrogens is 231 g/mol. The molecule has 6 heteroatoms. The van der Waals surface area contributed by atoms with Gasteiger partial charge in [0.1, 0.15) is 20.8 Å². The molecule has 0 saturated heterocycles. The van der Waals surface area contributed by atoms with Gasteiger partial charge >= 0.3 is 0 Å². The molecule has 0 spiro atoms. The van der Waals surface area contributed by atoms with E-state index in [1.54, 1.807) is 18.3 Å². The van der Waals surface area contributed by atoms with Gasteiger partial charge in [0.05, 0.1) is 4.90 Å². The van der Waals surface area contributed by atoms with Gasteiger partial charge in [0.15, 0.2) is 0 Å². The van der Waals surface area contributed by atoms with Crippen molar-refractivity contribution >= 4 is 43.3 Å². The van der Waals surface area contributed by atoms with E-state index in [1.807, 2.05) is 0 Å². The van der Waals surface area contributed by atoms with Crippen LogP contribution in [0.3, 0.4) is 0 Å².